The van der Waals surface area contributed by atoms with Crippen LogP contribution >= 0.6 is 22.9 Å². The Balaban J connectivity index is 2.46. The highest BCUT2D eigenvalue weighted by Gasteiger charge is 2.01. The lowest BCUT2D eigenvalue weighted by Crippen LogP contribution is -1.79. The van der Waals surface area contributed by atoms with Crippen molar-refractivity contribution >= 4 is 22.9 Å². The van der Waals surface area contributed by atoms with Crippen LogP contribution in [0.4, 0.5) is 0 Å². The van der Waals surface area contributed by atoms with Crippen molar-refractivity contribution in [1.82, 2.24) is 4.98 Å². The number of aromatic nitrogens is 1. The molecular weight excluding hydrogens is 202 g/mol. The van der Waals surface area contributed by atoms with Crippen molar-refractivity contribution in [1.29, 1.82) is 0 Å². The van der Waals surface area contributed by atoms with Gasteiger partial charge in [-0.1, -0.05) is 17.7 Å². The molecule has 0 aliphatic heterocycles. The van der Waals surface area contributed by atoms with Crippen molar-refractivity contribution in [2.24, 2.45) is 0 Å². The summed E-state index contributed by atoms with van der Waals surface area (Å²) in [6.45, 7) is 2.08. The molecule has 2 rings (SSSR count). The topological polar surface area (TPSA) is 12.9 Å². The molecule has 0 bridgehead atoms. The van der Waals surface area contributed by atoms with Crippen LogP contribution in [0.5, 0.6) is 0 Å². The van der Waals surface area contributed by atoms with Gasteiger partial charge in [0, 0.05) is 15.8 Å². The molecule has 0 fully saturated rings. The maximum Gasteiger partial charge on any atom is 0.129 e. The quantitative estimate of drug-likeness (QED) is 0.652. The number of pyridine rings is 1. The van der Waals surface area contributed by atoms with Gasteiger partial charge in [-0.15, -0.1) is 11.3 Å². The second kappa shape index (κ2) is 3.48. The SMILES string of the molecule is Cc1cc(-c2cccc(Cl)n2)cs1. The lowest BCUT2D eigenvalue weighted by atomic mass is 10.2. The van der Waals surface area contributed by atoms with Gasteiger partial charge in [0.15, 0.2) is 0 Å². The maximum atomic E-state index is 5.79. The van der Waals surface area contributed by atoms with Crippen LogP contribution in [0.1, 0.15) is 4.88 Å². The molecule has 3 heteroatoms. The van der Waals surface area contributed by atoms with E-state index in [2.05, 4.69) is 23.4 Å². The zero-order valence-electron chi connectivity index (χ0n) is 7.12. The molecule has 2 aromatic rings. The Morgan fingerprint density at radius 1 is 1.38 bits per heavy atom. The number of halogens is 1. The summed E-state index contributed by atoms with van der Waals surface area (Å²) < 4.78 is 0. The number of thiophene rings is 1. The minimum atomic E-state index is 0.543. The number of rotatable bonds is 1. The van der Waals surface area contributed by atoms with Gasteiger partial charge < -0.3 is 0 Å². The molecule has 0 aliphatic carbocycles. The molecule has 0 spiro atoms. The van der Waals surface area contributed by atoms with E-state index in [-0.39, 0.29) is 0 Å². The van der Waals surface area contributed by atoms with Gasteiger partial charge in [0.1, 0.15) is 5.15 Å². The zero-order chi connectivity index (χ0) is 9.26. The van der Waals surface area contributed by atoms with E-state index in [0.717, 1.165) is 11.3 Å². The van der Waals surface area contributed by atoms with E-state index in [9.17, 15) is 0 Å². The zero-order valence-corrected chi connectivity index (χ0v) is 8.69. The van der Waals surface area contributed by atoms with Crippen LogP contribution < -0.4 is 0 Å². The largest absolute Gasteiger partial charge is 0.236 e. The number of nitrogens with zero attached hydrogens (tertiary/aromatic N) is 1. The number of hydrogen-bond acceptors (Lipinski definition) is 2. The molecule has 0 N–H and O–H groups in total. The first-order valence-corrected chi connectivity index (χ1v) is 5.19. The number of hydrogen-bond donors (Lipinski definition) is 0. The van der Waals surface area contributed by atoms with Gasteiger partial charge in [0.25, 0.3) is 0 Å². The predicted octanol–water partition coefficient (Wildman–Crippen LogP) is 3.77. The van der Waals surface area contributed by atoms with Crippen LogP contribution in [0.3, 0.4) is 0 Å². The van der Waals surface area contributed by atoms with Crippen LogP contribution in [0.25, 0.3) is 11.3 Å². The molecule has 0 aromatic carbocycles. The van der Waals surface area contributed by atoms with E-state index in [4.69, 9.17) is 11.6 Å². The molecule has 2 aromatic heterocycles. The van der Waals surface area contributed by atoms with Crippen molar-refractivity contribution in [2.45, 2.75) is 6.92 Å². The maximum absolute atomic E-state index is 5.79. The van der Waals surface area contributed by atoms with Gasteiger partial charge in [-0.05, 0) is 25.1 Å². The average molecular weight is 210 g/mol. The minimum Gasteiger partial charge on any atom is -0.236 e. The van der Waals surface area contributed by atoms with Crippen molar-refractivity contribution in [3.63, 3.8) is 0 Å². The van der Waals surface area contributed by atoms with E-state index in [1.807, 2.05) is 12.1 Å². The molecule has 0 saturated carbocycles. The third-order valence-electron chi connectivity index (χ3n) is 1.74. The highest BCUT2D eigenvalue weighted by Crippen LogP contribution is 2.24. The van der Waals surface area contributed by atoms with E-state index in [1.54, 1.807) is 17.4 Å². The Kier molecular flexibility index (Phi) is 2.34. The van der Waals surface area contributed by atoms with Crippen LogP contribution in [-0.2, 0) is 0 Å². The Hall–Kier alpha value is -0.860. The monoisotopic (exact) mass is 209 g/mol. The molecule has 0 aliphatic rings. The highest BCUT2D eigenvalue weighted by molar-refractivity contribution is 7.10. The average Bonchev–Trinajstić information content (AvgIpc) is 2.52. The summed E-state index contributed by atoms with van der Waals surface area (Å²) >= 11 is 7.52. The Morgan fingerprint density at radius 3 is 2.85 bits per heavy atom. The molecule has 0 unspecified atom stereocenters. The fraction of sp³-hybridized carbons (Fsp3) is 0.100. The molecule has 0 saturated heterocycles. The molecule has 13 heavy (non-hydrogen) atoms. The number of aryl methyl sites for hydroxylation is 1. The first-order chi connectivity index (χ1) is 6.25. The summed E-state index contributed by atoms with van der Waals surface area (Å²) in [6, 6.07) is 7.78. The summed E-state index contributed by atoms with van der Waals surface area (Å²) in [5.41, 5.74) is 2.09. The molecule has 66 valence electrons. The van der Waals surface area contributed by atoms with Crippen molar-refractivity contribution in [3.05, 3.63) is 39.7 Å². The first-order valence-electron chi connectivity index (χ1n) is 3.94. The predicted molar refractivity (Wildman–Crippen MR) is 57.3 cm³/mol. The molecule has 2 heterocycles. The first kappa shape index (κ1) is 8.73. The molecule has 0 amide bonds. The van der Waals surface area contributed by atoms with Crippen molar-refractivity contribution in [3.8, 4) is 11.3 Å². The second-order valence-corrected chi connectivity index (χ2v) is 4.29. The molecule has 0 radical (unpaired) electrons. The van der Waals surface area contributed by atoms with Crippen molar-refractivity contribution in [2.75, 3.05) is 0 Å². The van der Waals surface area contributed by atoms with Crippen LogP contribution in [-0.4, -0.2) is 4.98 Å². The van der Waals surface area contributed by atoms with E-state index >= 15 is 0 Å². The minimum absolute atomic E-state index is 0.543. The standard InChI is InChI=1S/C10H8ClNS/c1-7-5-8(6-13-7)9-3-2-4-10(11)12-9/h2-6H,1H3. The third kappa shape index (κ3) is 1.90. The summed E-state index contributed by atoms with van der Waals surface area (Å²) in [5.74, 6) is 0. The van der Waals surface area contributed by atoms with Gasteiger partial charge in [-0.2, -0.15) is 0 Å². The Morgan fingerprint density at radius 2 is 2.23 bits per heavy atom. The normalized spacial score (nSPS) is 10.3. The van der Waals surface area contributed by atoms with Gasteiger partial charge in [0.2, 0.25) is 0 Å². The van der Waals surface area contributed by atoms with E-state index in [0.29, 0.717) is 5.15 Å². The second-order valence-electron chi connectivity index (χ2n) is 2.79. The van der Waals surface area contributed by atoms with E-state index in [1.165, 1.54) is 4.88 Å². The Labute approximate surface area is 86.0 Å². The van der Waals surface area contributed by atoms with Crippen LogP contribution in [0.15, 0.2) is 29.6 Å². The molecule has 0 atom stereocenters. The van der Waals surface area contributed by atoms with Crippen molar-refractivity contribution < 1.29 is 0 Å². The van der Waals surface area contributed by atoms with Gasteiger partial charge in [-0.3, -0.25) is 0 Å². The molecular formula is C10H8ClNS. The summed E-state index contributed by atoms with van der Waals surface area (Å²) in [6.07, 6.45) is 0. The molecule has 1 nitrogen and oxygen atoms in total. The van der Waals surface area contributed by atoms with Gasteiger partial charge in [-0.25, -0.2) is 4.98 Å². The summed E-state index contributed by atoms with van der Waals surface area (Å²) in [7, 11) is 0. The highest BCUT2D eigenvalue weighted by atomic mass is 35.5. The summed E-state index contributed by atoms with van der Waals surface area (Å²) in [4.78, 5) is 5.52. The fourth-order valence-electron chi connectivity index (χ4n) is 1.15. The lowest BCUT2D eigenvalue weighted by Gasteiger charge is -1.95. The van der Waals surface area contributed by atoms with Crippen LogP contribution in [0, 0.1) is 6.92 Å². The van der Waals surface area contributed by atoms with Gasteiger partial charge in [0.05, 0.1) is 5.69 Å². The fourth-order valence-corrected chi connectivity index (χ4v) is 2.01. The Bertz CT molecular complexity index is 422. The van der Waals surface area contributed by atoms with E-state index < -0.39 is 0 Å². The lowest BCUT2D eigenvalue weighted by molar-refractivity contribution is 1.33. The van der Waals surface area contributed by atoms with Gasteiger partial charge >= 0.3 is 0 Å². The summed E-state index contributed by atoms with van der Waals surface area (Å²) in [5, 5.41) is 2.63. The van der Waals surface area contributed by atoms with Crippen LogP contribution in [0.2, 0.25) is 5.15 Å². The third-order valence-corrected chi connectivity index (χ3v) is 2.81. The smallest absolute Gasteiger partial charge is 0.129 e.